The van der Waals surface area contributed by atoms with E-state index in [0.717, 1.165) is 6.42 Å². The van der Waals surface area contributed by atoms with Crippen LogP contribution in [0.3, 0.4) is 0 Å². The van der Waals surface area contributed by atoms with Crippen molar-refractivity contribution in [3.63, 3.8) is 0 Å². The van der Waals surface area contributed by atoms with Gasteiger partial charge in [-0.05, 0) is 90.0 Å². The van der Waals surface area contributed by atoms with E-state index in [1.54, 1.807) is 0 Å². The van der Waals surface area contributed by atoms with Gasteiger partial charge in [0.25, 0.3) is 0 Å². The molecule has 0 atom stereocenters. The van der Waals surface area contributed by atoms with Crippen molar-refractivity contribution in [1.82, 2.24) is 4.40 Å². The summed E-state index contributed by atoms with van der Waals surface area (Å²) >= 11 is 0. The molecule has 0 N–H and O–H groups in total. The Kier molecular flexibility index (Phi) is 5.01. The summed E-state index contributed by atoms with van der Waals surface area (Å²) in [5.41, 5.74) is 10.5. The van der Waals surface area contributed by atoms with E-state index in [-0.39, 0.29) is 5.41 Å². The van der Waals surface area contributed by atoms with Crippen LogP contribution in [0.15, 0.2) is 54.7 Å². The summed E-state index contributed by atoms with van der Waals surface area (Å²) in [7, 11) is 2.22. The first-order valence-electron chi connectivity index (χ1n) is 14.5. The van der Waals surface area contributed by atoms with Gasteiger partial charge in [-0.2, -0.15) is 0 Å². The molecule has 1 fully saturated rings. The Bertz CT molecular complexity index is 1870. The Morgan fingerprint density at radius 3 is 2.37 bits per heavy atom. The van der Waals surface area contributed by atoms with E-state index >= 15 is 0 Å². The highest BCUT2D eigenvalue weighted by atomic mass is 15.0. The number of rotatable bonds is 2. The highest BCUT2D eigenvalue weighted by Crippen LogP contribution is 2.46. The number of fused-ring (bicyclic) bond motifs is 5. The zero-order valence-electron chi connectivity index (χ0n) is 24.2. The minimum atomic E-state index is 0.256. The first-order chi connectivity index (χ1) is 18.0. The van der Waals surface area contributed by atoms with Crippen LogP contribution in [-0.4, -0.2) is 4.40 Å². The summed E-state index contributed by atoms with van der Waals surface area (Å²) in [6.45, 7) is 14.2. The van der Waals surface area contributed by atoms with Gasteiger partial charge in [-0.3, -0.25) is 0 Å². The highest BCUT2D eigenvalue weighted by molar-refractivity contribution is 6.25. The van der Waals surface area contributed by atoms with Crippen LogP contribution < -0.4 is 4.57 Å². The zero-order valence-corrected chi connectivity index (χ0v) is 24.2. The molecule has 0 saturated heterocycles. The van der Waals surface area contributed by atoms with Crippen LogP contribution in [0.1, 0.15) is 82.9 Å². The average molecular weight is 502 g/mol. The van der Waals surface area contributed by atoms with E-state index in [1.165, 1.54) is 91.4 Å². The maximum Gasteiger partial charge on any atom is 0.224 e. The molecule has 1 aliphatic carbocycles. The van der Waals surface area contributed by atoms with Crippen LogP contribution in [0.25, 0.3) is 49.0 Å². The number of aryl methyl sites for hydroxylation is 2. The number of pyridine rings is 2. The Morgan fingerprint density at radius 1 is 0.895 bits per heavy atom. The molecule has 0 radical (unpaired) electrons. The molecule has 2 nitrogen and oxygen atoms in total. The molecule has 0 unspecified atom stereocenters. The second kappa shape index (κ2) is 7.94. The van der Waals surface area contributed by atoms with Crippen LogP contribution in [0.4, 0.5) is 0 Å². The van der Waals surface area contributed by atoms with Gasteiger partial charge >= 0.3 is 0 Å². The maximum absolute atomic E-state index is 2.63. The number of nitrogens with zero attached hydrogens (tertiary/aromatic N) is 2. The monoisotopic (exact) mass is 501 g/mol. The molecule has 1 aliphatic rings. The van der Waals surface area contributed by atoms with Crippen molar-refractivity contribution in [2.75, 3.05) is 0 Å². The van der Waals surface area contributed by atoms with Gasteiger partial charge in [0, 0.05) is 16.8 Å². The van der Waals surface area contributed by atoms with Crippen LogP contribution in [0, 0.1) is 17.8 Å². The molecule has 38 heavy (non-hydrogen) atoms. The second-order valence-corrected chi connectivity index (χ2v) is 14.3. The fraction of sp³-hybridized carbons (Fsp3) is 0.417. The van der Waals surface area contributed by atoms with Gasteiger partial charge in [0.1, 0.15) is 7.05 Å². The third kappa shape index (κ3) is 3.56. The number of aromatic nitrogens is 2. The van der Waals surface area contributed by atoms with Crippen molar-refractivity contribution in [3.8, 4) is 0 Å². The Hall–Kier alpha value is -3.13. The average Bonchev–Trinajstić information content (AvgIpc) is 3.17. The topological polar surface area (TPSA) is 8.29 Å². The Balaban J connectivity index is 1.63. The highest BCUT2D eigenvalue weighted by Gasteiger charge is 2.30. The lowest BCUT2D eigenvalue weighted by Gasteiger charge is -2.34. The number of hydrogen-bond donors (Lipinski definition) is 0. The van der Waals surface area contributed by atoms with Gasteiger partial charge in [0.05, 0.1) is 27.3 Å². The quantitative estimate of drug-likeness (QED) is 0.127. The van der Waals surface area contributed by atoms with Crippen molar-refractivity contribution in [2.24, 2.45) is 17.9 Å². The van der Waals surface area contributed by atoms with Gasteiger partial charge in [-0.1, -0.05) is 65.0 Å². The van der Waals surface area contributed by atoms with E-state index < -0.39 is 0 Å². The Morgan fingerprint density at radius 2 is 1.63 bits per heavy atom. The van der Waals surface area contributed by atoms with Crippen molar-refractivity contribution >= 4 is 49.0 Å². The van der Waals surface area contributed by atoms with Gasteiger partial charge in [0.15, 0.2) is 6.20 Å². The summed E-state index contributed by atoms with van der Waals surface area (Å²) in [6, 6.07) is 19.3. The smallest absolute Gasteiger partial charge is 0.224 e. The van der Waals surface area contributed by atoms with Gasteiger partial charge in [-0.15, -0.1) is 0 Å². The molecule has 0 spiro atoms. The molecule has 0 amide bonds. The molecule has 7 rings (SSSR count). The largest absolute Gasteiger partial charge is 0.307 e. The molecule has 3 aromatic heterocycles. The first-order valence-corrected chi connectivity index (χ1v) is 14.5. The summed E-state index contributed by atoms with van der Waals surface area (Å²) in [5, 5.41) is 6.91. The third-order valence-corrected chi connectivity index (χ3v) is 9.46. The third-order valence-electron chi connectivity index (χ3n) is 9.46. The van der Waals surface area contributed by atoms with Crippen LogP contribution in [0.5, 0.6) is 0 Å². The zero-order chi connectivity index (χ0) is 26.6. The normalized spacial score (nSPS) is 17.1. The van der Waals surface area contributed by atoms with E-state index in [9.17, 15) is 0 Å². The van der Waals surface area contributed by atoms with Crippen LogP contribution in [-0.2, 0) is 13.5 Å². The molecule has 3 aromatic carbocycles. The fourth-order valence-electron chi connectivity index (χ4n) is 7.47. The van der Waals surface area contributed by atoms with E-state index in [2.05, 4.69) is 112 Å². The minimum Gasteiger partial charge on any atom is -0.307 e. The standard InChI is InChI=1S/C36H41N2/c1-22-8-10-28-27-11-9-23(21-35(2,3)4)18-29(27)38-30-20-26(24-12-15-36(5,6)16-13-24)19-25-14-17-37(7)34(32(25)30)31(22)33(28)38/h8-11,14,17-20,24H,12-13,15-16,21H2,1-7H3/q+1. The van der Waals surface area contributed by atoms with Gasteiger partial charge in [-0.25, -0.2) is 4.57 Å². The molecule has 2 heteroatoms. The number of benzene rings is 3. The summed E-state index contributed by atoms with van der Waals surface area (Å²) in [4.78, 5) is 0. The van der Waals surface area contributed by atoms with Crippen LogP contribution >= 0.6 is 0 Å². The first kappa shape index (κ1) is 23.9. The molecule has 194 valence electrons. The van der Waals surface area contributed by atoms with Gasteiger partial charge in [0.2, 0.25) is 5.52 Å². The maximum atomic E-state index is 2.63. The SMILES string of the molecule is Cc1ccc2c3ccc(CC(C)(C)C)cc3n3c4cc(C5CCC(C)(C)CC5)cc5cc[n+](C)c(c1c23)c54. The summed E-state index contributed by atoms with van der Waals surface area (Å²) < 4.78 is 4.98. The molecule has 1 saturated carbocycles. The predicted octanol–water partition coefficient (Wildman–Crippen LogP) is 9.40. The Labute approximate surface area is 226 Å². The van der Waals surface area contributed by atoms with Crippen molar-refractivity contribution in [3.05, 3.63) is 71.4 Å². The van der Waals surface area contributed by atoms with Crippen LogP contribution in [0.2, 0.25) is 0 Å². The minimum absolute atomic E-state index is 0.256. The van der Waals surface area contributed by atoms with E-state index in [0.29, 0.717) is 11.3 Å². The molecular formula is C36H41N2+. The van der Waals surface area contributed by atoms with Crippen molar-refractivity contribution < 1.29 is 4.57 Å². The molecule has 6 aromatic rings. The van der Waals surface area contributed by atoms with Gasteiger partial charge < -0.3 is 4.40 Å². The summed E-state index contributed by atoms with van der Waals surface area (Å²) in [5.74, 6) is 0.647. The fourth-order valence-corrected chi connectivity index (χ4v) is 7.47. The molecular weight excluding hydrogens is 460 g/mol. The second-order valence-electron chi connectivity index (χ2n) is 14.3. The lowest BCUT2D eigenvalue weighted by Crippen LogP contribution is -2.29. The van der Waals surface area contributed by atoms with Crippen molar-refractivity contribution in [2.45, 2.75) is 79.6 Å². The van der Waals surface area contributed by atoms with E-state index in [1.807, 2.05) is 0 Å². The van der Waals surface area contributed by atoms with E-state index in [4.69, 9.17) is 0 Å². The molecule has 0 aliphatic heterocycles. The predicted molar refractivity (Wildman–Crippen MR) is 163 cm³/mol. The molecule has 0 bridgehead atoms. The lowest BCUT2D eigenvalue weighted by molar-refractivity contribution is -0.643. The number of hydrogen-bond acceptors (Lipinski definition) is 0. The summed E-state index contributed by atoms with van der Waals surface area (Å²) in [6.07, 6.45) is 8.56. The van der Waals surface area contributed by atoms with Crippen molar-refractivity contribution in [1.29, 1.82) is 0 Å². The molecule has 3 heterocycles. The lowest BCUT2D eigenvalue weighted by atomic mass is 9.71.